The summed E-state index contributed by atoms with van der Waals surface area (Å²) < 4.78 is 16.2. The van der Waals surface area contributed by atoms with Gasteiger partial charge in [-0.05, 0) is 119 Å². The Morgan fingerprint density at radius 1 is 0.932 bits per heavy atom. The Labute approximate surface area is 263 Å². The van der Waals surface area contributed by atoms with Crippen LogP contribution in [-0.2, 0) is 28.6 Å². The first-order valence-corrected chi connectivity index (χ1v) is 17.2. The van der Waals surface area contributed by atoms with Crippen LogP contribution in [0.3, 0.4) is 0 Å². The van der Waals surface area contributed by atoms with Crippen LogP contribution in [0, 0.1) is 40.4 Å². The Balaban J connectivity index is 1.02. The van der Waals surface area contributed by atoms with E-state index in [0.29, 0.717) is 43.8 Å². The van der Waals surface area contributed by atoms with Crippen molar-refractivity contribution in [3.05, 3.63) is 35.5 Å². The van der Waals surface area contributed by atoms with Crippen molar-refractivity contribution < 1.29 is 33.4 Å². The van der Waals surface area contributed by atoms with Gasteiger partial charge in [-0.15, -0.1) is 0 Å². The van der Waals surface area contributed by atoms with Gasteiger partial charge in [0, 0.05) is 24.2 Å². The molecule has 0 aromatic carbocycles. The molecule has 5 aliphatic carbocycles. The minimum atomic E-state index is -0.760. The molecule has 0 amide bonds. The second kappa shape index (κ2) is 14.2. The number of hydrogen-bond acceptors (Lipinski definition) is 7. The molecule has 0 aliphatic heterocycles. The first-order chi connectivity index (χ1) is 21.1. The molecule has 5 unspecified atom stereocenters. The van der Waals surface area contributed by atoms with Crippen molar-refractivity contribution in [2.75, 3.05) is 19.8 Å². The molecular formula is C37H52O7. The largest absolute Gasteiger partial charge is 0.508 e. The number of Topliss-reactive ketones (excluding diaryl/α,β-unsaturated/α-hetero) is 1. The maximum absolute atomic E-state index is 13.4. The lowest BCUT2D eigenvalue weighted by atomic mass is 9.51. The van der Waals surface area contributed by atoms with Crippen molar-refractivity contribution >= 4 is 23.7 Å². The van der Waals surface area contributed by atoms with Crippen LogP contribution in [0.1, 0.15) is 111 Å². The van der Waals surface area contributed by atoms with Gasteiger partial charge in [-0.3, -0.25) is 14.4 Å². The maximum Gasteiger partial charge on any atom is 0.508 e. The number of hydrogen-bond donors (Lipinski definition) is 0. The van der Waals surface area contributed by atoms with Crippen LogP contribution in [0.5, 0.6) is 0 Å². The molecular weight excluding hydrogens is 556 g/mol. The molecule has 7 heteroatoms. The number of unbranched alkanes of at least 4 members (excludes halogenated alkanes) is 1. The predicted molar refractivity (Wildman–Crippen MR) is 168 cm³/mol. The topological polar surface area (TPSA) is 96.0 Å². The molecule has 5 rings (SSSR count). The van der Waals surface area contributed by atoms with Crippen LogP contribution in [0.15, 0.2) is 35.5 Å². The van der Waals surface area contributed by atoms with E-state index in [1.807, 2.05) is 19.1 Å². The first kappa shape index (κ1) is 32.7. The van der Waals surface area contributed by atoms with E-state index < -0.39 is 6.16 Å². The number of carbonyl (C=O) groups is 4. The summed E-state index contributed by atoms with van der Waals surface area (Å²) >= 11 is 0. The number of carbonyl (C=O) groups excluding carboxylic acids is 4. The fraction of sp³-hybridized carbons (Fsp3) is 0.730. The molecule has 44 heavy (non-hydrogen) atoms. The van der Waals surface area contributed by atoms with Gasteiger partial charge in [-0.1, -0.05) is 43.2 Å². The molecule has 0 spiro atoms. The summed E-state index contributed by atoms with van der Waals surface area (Å²) in [5.74, 6) is 1.56. The Kier molecular flexibility index (Phi) is 10.5. The van der Waals surface area contributed by atoms with E-state index in [0.717, 1.165) is 77.0 Å². The zero-order valence-electron chi connectivity index (χ0n) is 27.1. The highest BCUT2D eigenvalue weighted by Gasteiger charge is 2.57. The minimum Gasteiger partial charge on any atom is -0.465 e. The molecule has 242 valence electrons. The fourth-order valence-corrected chi connectivity index (χ4v) is 9.22. The Hall–Kier alpha value is -2.70. The van der Waals surface area contributed by atoms with Crippen molar-refractivity contribution in [1.29, 1.82) is 0 Å². The third-order valence-electron chi connectivity index (χ3n) is 11.9. The van der Waals surface area contributed by atoms with E-state index in [2.05, 4.69) is 26.0 Å². The van der Waals surface area contributed by atoms with E-state index >= 15 is 0 Å². The van der Waals surface area contributed by atoms with E-state index in [1.54, 1.807) is 0 Å². The molecule has 0 heterocycles. The van der Waals surface area contributed by atoms with Gasteiger partial charge in [0.2, 0.25) is 0 Å². The Morgan fingerprint density at radius 2 is 1.66 bits per heavy atom. The molecule has 0 N–H and O–H groups in total. The number of ketones is 2. The highest BCUT2D eigenvalue weighted by Crippen LogP contribution is 2.64. The lowest BCUT2D eigenvalue weighted by molar-refractivity contribution is -0.145. The van der Waals surface area contributed by atoms with Gasteiger partial charge < -0.3 is 14.2 Å². The first-order valence-electron chi connectivity index (χ1n) is 17.2. The molecule has 0 saturated heterocycles. The summed E-state index contributed by atoms with van der Waals surface area (Å²) in [6.45, 7) is 7.10. The van der Waals surface area contributed by atoms with Gasteiger partial charge in [-0.2, -0.15) is 0 Å². The number of esters is 1. The average molecular weight is 609 g/mol. The zero-order valence-corrected chi connectivity index (χ0v) is 27.1. The van der Waals surface area contributed by atoms with E-state index in [1.165, 1.54) is 11.1 Å². The third-order valence-corrected chi connectivity index (χ3v) is 11.9. The van der Waals surface area contributed by atoms with Gasteiger partial charge in [0.1, 0.15) is 0 Å². The zero-order chi connectivity index (χ0) is 31.3. The normalized spacial score (nSPS) is 34.7. The van der Waals surface area contributed by atoms with Crippen molar-refractivity contribution in [2.24, 2.45) is 40.4 Å². The summed E-state index contributed by atoms with van der Waals surface area (Å²) in [5, 5.41) is 0. The van der Waals surface area contributed by atoms with E-state index in [4.69, 9.17) is 14.2 Å². The third kappa shape index (κ3) is 7.07. The molecule has 5 aliphatic rings. The molecule has 0 aromatic rings. The number of fused-ring (bicyclic) bond motifs is 5. The summed E-state index contributed by atoms with van der Waals surface area (Å²) in [6, 6.07) is 0. The summed E-state index contributed by atoms with van der Waals surface area (Å²) in [4.78, 5) is 49.9. The highest BCUT2D eigenvalue weighted by molar-refractivity contribution is 5.92. The van der Waals surface area contributed by atoms with E-state index in [-0.39, 0.29) is 46.8 Å². The summed E-state index contributed by atoms with van der Waals surface area (Å²) in [5.41, 5.74) is 2.67. The molecule has 0 bridgehead atoms. The standard InChI is InChI=1S/C37H52O7/c1-4-5-6-7-8-34(40)42-22-25-9-11-26(12-10-25)23-43-35(41)44-24-33(39)32-16-15-30-29-14-13-27-21-28(38)17-19-36(27,2)31(29)18-20-37(30,32)3/h4-5,18,21,25-26,29-30,32H,6-17,19-20,22-24H2,1-3H3/b5-4-. The molecule has 0 aromatic heterocycles. The Bertz CT molecular complexity index is 1190. The van der Waals surface area contributed by atoms with Crippen LogP contribution < -0.4 is 0 Å². The van der Waals surface area contributed by atoms with Gasteiger partial charge in [0.25, 0.3) is 0 Å². The summed E-state index contributed by atoms with van der Waals surface area (Å²) in [7, 11) is 0. The number of ether oxygens (including phenoxy) is 3. The van der Waals surface area contributed by atoms with Gasteiger partial charge in [0.15, 0.2) is 18.2 Å². The van der Waals surface area contributed by atoms with Crippen LogP contribution in [0.4, 0.5) is 4.79 Å². The second-order valence-corrected chi connectivity index (χ2v) is 14.6. The minimum absolute atomic E-state index is 0.00607. The smallest absolute Gasteiger partial charge is 0.465 e. The van der Waals surface area contributed by atoms with Gasteiger partial charge in [-0.25, -0.2) is 4.79 Å². The molecule has 5 atom stereocenters. The van der Waals surface area contributed by atoms with Crippen molar-refractivity contribution in [1.82, 2.24) is 0 Å². The molecule has 3 saturated carbocycles. The van der Waals surface area contributed by atoms with Crippen LogP contribution in [0.25, 0.3) is 0 Å². The lowest BCUT2D eigenvalue weighted by Crippen LogP contribution is -2.45. The number of allylic oxidation sites excluding steroid dienone is 6. The average Bonchev–Trinajstić information content (AvgIpc) is 3.38. The van der Waals surface area contributed by atoms with Crippen LogP contribution >= 0.6 is 0 Å². The monoisotopic (exact) mass is 608 g/mol. The second-order valence-electron chi connectivity index (χ2n) is 14.6. The fourth-order valence-electron chi connectivity index (χ4n) is 9.22. The lowest BCUT2D eigenvalue weighted by Gasteiger charge is -2.53. The van der Waals surface area contributed by atoms with Crippen molar-refractivity contribution in [3.8, 4) is 0 Å². The molecule has 7 nitrogen and oxygen atoms in total. The highest BCUT2D eigenvalue weighted by atomic mass is 16.7. The van der Waals surface area contributed by atoms with Gasteiger partial charge >= 0.3 is 12.1 Å². The van der Waals surface area contributed by atoms with Crippen molar-refractivity contribution in [3.63, 3.8) is 0 Å². The maximum atomic E-state index is 13.4. The predicted octanol–water partition coefficient (Wildman–Crippen LogP) is 7.87. The molecule has 0 radical (unpaired) electrons. The summed E-state index contributed by atoms with van der Waals surface area (Å²) in [6.07, 6.45) is 19.8. The van der Waals surface area contributed by atoms with Gasteiger partial charge in [0.05, 0.1) is 13.2 Å². The number of rotatable bonds is 11. The SMILES string of the molecule is C/C=C\CCCC(=O)OCC1CCC(COC(=O)OCC(=O)C2CCC3C4CCC5=CC(=O)CCC5(C)C4=CCC23C)CC1. The van der Waals surface area contributed by atoms with Crippen LogP contribution in [0.2, 0.25) is 0 Å². The molecule has 3 fully saturated rings. The van der Waals surface area contributed by atoms with E-state index in [9.17, 15) is 19.2 Å². The van der Waals surface area contributed by atoms with Crippen molar-refractivity contribution in [2.45, 2.75) is 111 Å². The quantitative estimate of drug-likeness (QED) is 0.134. The van der Waals surface area contributed by atoms with Crippen LogP contribution in [-0.4, -0.2) is 43.5 Å². The Morgan fingerprint density at radius 3 is 2.39 bits per heavy atom.